The molecule has 0 amide bonds. The van der Waals surface area contributed by atoms with E-state index in [1.165, 1.54) is 4.31 Å². The van der Waals surface area contributed by atoms with Crippen LogP contribution in [0, 0.1) is 0 Å². The molecule has 1 unspecified atom stereocenters. The minimum atomic E-state index is -3.53. The van der Waals surface area contributed by atoms with Crippen molar-refractivity contribution in [3.05, 3.63) is 0 Å². The number of hydrogen-bond acceptors (Lipinski definition) is 7. The van der Waals surface area contributed by atoms with Gasteiger partial charge in [-0.05, 0) is 13.3 Å². The van der Waals surface area contributed by atoms with Crippen LogP contribution in [0.25, 0.3) is 0 Å². The summed E-state index contributed by atoms with van der Waals surface area (Å²) in [5, 5.41) is 7.38. The molecule has 0 radical (unpaired) electrons. The molecule has 1 fully saturated rings. The second kappa shape index (κ2) is 5.70. The summed E-state index contributed by atoms with van der Waals surface area (Å²) in [6, 6.07) is 0.488. The molecule has 7 nitrogen and oxygen atoms in total. The lowest BCUT2D eigenvalue weighted by Gasteiger charge is -2.36. The summed E-state index contributed by atoms with van der Waals surface area (Å²) >= 11 is 0.912. The van der Waals surface area contributed by atoms with Crippen molar-refractivity contribution in [2.24, 2.45) is 0 Å². The molecule has 2 rings (SSSR count). The van der Waals surface area contributed by atoms with E-state index >= 15 is 0 Å². The van der Waals surface area contributed by atoms with Crippen LogP contribution in [0.2, 0.25) is 0 Å². The zero-order chi connectivity index (χ0) is 14.0. The molecular weight excluding hydrogens is 286 g/mol. The molecule has 1 aromatic heterocycles. The van der Waals surface area contributed by atoms with E-state index in [0.29, 0.717) is 19.1 Å². The first-order chi connectivity index (χ1) is 8.95. The maximum Gasteiger partial charge on any atom is 0.272 e. The number of sulfonamides is 1. The molecule has 2 N–H and O–H groups in total. The lowest BCUT2D eigenvalue weighted by molar-refractivity contribution is 0.142. The Morgan fingerprint density at radius 3 is 2.42 bits per heavy atom. The number of nitrogen functional groups attached to an aromatic ring is 1. The van der Waals surface area contributed by atoms with Crippen LogP contribution in [-0.2, 0) is 10.0 Å². The first-order valence-electron chi connectivity index (χ1n) is 6.28. The number of nitrogens with zero attached hydrogens (tertiary/aromatic N) is 4. The zero-order valence-electron chi connectivity index (χ0n) is 11.1. The normalized spacial score (nSPS) is 20.5. The first kappa shape index (κ1) is 14.6. The summed E-state index contributed by atoms with van der Waals surface area (Å²) in [7, 11) is -3.53. The molecule has 0 bridgehead atoms. The van der Waals surface area contributed by atoms with Gasteiger partial charge >= 0.3 is 0 Å². The van der Waals surface area contributed by atoms with Gasteiger partial charge in [0.05, 0.1) is 0 Å². The van der Waals surface area contributed by atoms with Crippen LogP contribution in [0.5, 0.6) is 0 Å². The SMILES string of the molecule is CCC(C)N1CCN(S(=O)(=O)c2nnc(N)s2)CC1. The Labute approximate surface area is 117 Å². The van der Waals surface area contributed by atoms with Gasteiger partial charge in [-0.1, -0.05) is 18.3 Å². The predicted molar refractivity (Wildman–Crippen MR) is 74.4 cm³/mol. The second-order valence-electron chi connectivity index (χ2n) is 4.60. The summed E-state index contributed by atoms with van der Waals surface area (Å²) < 4.78 is 26.1. The Morgan fingerprint density at radius 1 is 1.32 bits per heavy atom. The fourth-order valence-corrected chi connectivity index (χ4v) is 4.42. The predicted octanol–water partition coefficient (Wildman–Crippen LogP) is 0.225. The third-order valence-corrected chi connectivity index (χ3v) is 6.47. The highest BCUT2D eigenvalue weighted by Crippen LogP contribution is 2.22. The molecule has 0 aliphatic carbocycles. The van der Waals surface area contributed by atoms with Crippen LogP contribution in [0.1, 0.15) is 20.3 Å². The number of rotatable bonds is 4. The van der Waals surface area contributed by atoms with Crippen molar-refractivity contribution in [1.29, 1.82) is 0 Å². The molecular formula is C10H19N5O2S2. The van der Waals surface area contributed by atoms with Gasteiger partial charge in [0.1, 0.15) is 0 Å². The maximum atomic E-state index is 12.3. The number of hydrogen-bond donors (Lipinski definition) is 1. The standard InChI is InChI=1S/C10H19N5O2S2/c1-3-8(2)14-4-6-15(7-5-14)19(16,17)10-13-12-9(11)18-10/h8H,3-7H2,1-2H3,(H2,11,12). The summed E-state index contributed by atoms with van der Waals surface area (Å²) in [6.07, 6.45) is 1.07. The molecule has 108 valence electrons. The highest BCUT2D eigenvalue weighted by molar-refractivity contribution is 7.91. The number of piperazine rings is 1. The molecule has 0 aromatic carbocycles. The third kappa shape index (κ3) is 3.04. The van der Waals surface area contributed by atoms with Crippen molar-refractivity contribution >= 4 is 26.5 Å². The van der Waals surface area contributed by atoms with Crippen LogP contribution in [-0.4, -0.2) is 60.0 Å². The largest absolute Gasteiger partial charge is 0.374 e. The molecule has 2 heterocycles. The molecule has 1 aliphatic rings. The summed E-state index contributed by atoms with van der Waals surface area (Å²) in [4.78, 5) is 2.31. The number of nitrogens with two attached hydrogens (primary N) is 1. The summed E-state index contributed by atoms with van der Waals surface area (Å²) in [5.74, 6) is 0. The van der Waals surface area contributed by atoms with Crippen molar-refractivity contribution in [2.45, 2.75) is 30.6 Å². The minimum absolute atomic E-state index is 0.0120. The van der Waals surface area contributed by atoms with E-state index in [9.17, 15) is 8.42 Å². The van der Waals surface area contributed by atoms with E-state index in [-0.39, 0.29) is 9.47 Å². The Morgan fingerprint density at radius 2 is 1.95 bits per heavy atom. The quantitative estimate of drug-likeness (QED) is 0.856. The Bertz CT molecular complexity index is 522. The van der Waals surface area contributed by atoms with Gasteiger partial charge in [-0.25, -0.2) is 8.42 Å². The van der Waals surface area contributed by atoms with Crippen LogP contribution in [0.15, 0.2) is 4.34 Å². The van der Waals surface area contributed by atoms with Crippen molar-refractivity contribution in [1.82, 2.24) is 19.4 Å². The Kier molecular flexibility index (Phi) is 4.39. The lowest BCUT2D eigenvalue weighted by atomic mass is 10.2. The van der Waals surface area contributed by atoms with Crippen LogP contribution < -0.4 is 5.73 Å². The van der Waals surface area contributed by atoms with Crippen molar-refractivity contribution in [2.75, 3.05) is 31.9 Å². The highest BCUT2D eigenvalue weighted by Gasteiger charge is 2.32. The topological polar surface area (TPSA) is 92.4 Å². The number of aromatic nitrogens is 2. The molecule has 1 aromatic rings. The van der Waals surface area contributed by atoms with Gasteiger partial charge < -0.3 is 5.73 Å². The van der Waals surface area contributed by atoms with E-state index in [0.717, 1.165) is 30.8 Å². The number of anilines is 1. The van der Waals surface area contributed by atoms with E-state index in [1.807, 2.05) is 0 Å². The fraction of sp³-hybridized carbons (Fsp3) is 0.800. The van der Waals surface area contributed by atoms with E-state index in [1.54, 1.807) is 0 Å². The average Bonchev–Trinajstić information content (AvgIpc) is 2.85. The van der Waals surface area contributed by atoms with Crippen LogP contribution >= 0.6 is 11.3 Å². The smallest absolute Gasteiger partial charge is 0.272 e. The van der Waals surface area contributed by atoms with E-state index < -0.39 is 10.0 Å². The molecule has 9 heteroatoms. The third-order valence-electron chi connectivity index (χ3n) is 3.47. The van der Waals surface area contributed by atoms with Gasteiger partial charge in [0.15, 0.2) is 0 Å². The molecule has 1 atom stereocenters. The summed E-state index contributed by atoms with van der Waals surface area (Å²) in [6.45, 7) is 6.79. The van der Waals surface area contributed by atoms with Gasteiger partial charge in [-0.2, -0.15) is 4.31 Å². The Hall–Kier alpha value is -0.770. The second-order valence-corrected chi connectivity index (χ2v) is 7.72. The van der Waals surface area contributed by atoms with Gasteiger partial charge in [0, 0.05) is 32.2 Å². The molecule has 19 heavy (non-hydrogen) atoms. The molecule has 0 spiro atoms. The van der Waals surface area contributed by atoms with Crippen LogP contribution in [0.3, 0.4) is 0 Å². The lowest BCUT2D eigenvalue weighted by Crippen LogP contribution is -2.51. The van der Waals surface area contributed by atoms with Crippen molar-refractivity contribution in [3.63, 3.8) is 0 Å². The van der Waals surface area contributed by atoms with Crippen molar-refractivity contribution < 1.29 is 8.42 Å². The molecule has 0 saturated carbocycles. The van der Waals surface area contributed by atoms with Crippen LogP contribution in [0.4, 0.5) is 5.13 Å². The van der Waals surface area contributed by atoms with Crippen molar-refractivity contribution in [3.8, 4) is 0 Å². The zero-order valence-corrected chi connectivity index (χ0v) is 12.7. The van der Waals surface area contributed by atoms with E-state index in [2.05, 4.69) is 28.9 Å². The highest BCUT2D eigenvalue weighted by atomic mass is 32.2. The fourth-order valence-electron chi connectivity index (χ4n) is 2.08. The Balaban J connectivity index is 2.05. The van der Waals surface area contributed by atoms with Gasteiger partial charge in [-0.3, -0.25) is 4.90 Å². The monoisotopic (exact) mass is 305 g/mol. The maximum absolute atomic E-state index is 12.3. The van der Waals surface area contributed by atoms with Gasteiger partial charge in [0.25, 0.3) is 10.0 Å². The summed E-state index contributed by atoms with van der Waals surface area (Å²) in [5.41, 5.74) is 5.44. The molecule has 1 saturated heterocycles. The first-order valence-corrected chi connectivity index (χ1v) is 8.54. The van der Waals surface area contributed by atoms with E-state index in [4.69, 9.17) is 5.73 Å². The average molecular weight is 305 g/mol. The van der Waals surface area contributed by atoms with Gasteiger partial charge in [0.2, 0.25) is 9.47 Å². The molecule has 1 aliphatic heterocycles. The van der Waals surface area contributed by atoms with Gasteiger partial charge in [-0.15, -0.1) is 10.2 Å². The minimum Gasteiger partial charge on any atom is -0.374 e.